The summed E-state index contributed by atoms with van der Waals surface area (Å²) in [6.07, 6.45) is 0. The Morgan fingerprint density at radius 1 is 0.500 bits per heavy atom. The monoisotopic (exact) mass is 472 g/mol. The van der Waals surface area contributed by atoms with Gasteiger partial charge in [0.25, 0.3) is 0 Å². The molecule has 6 heteroatoms. The molecule has 0 fully saturated rings. The maximum atomic E-state index is 12.9. The highest BCUT2D eigenvalue weighted by Crippen LogP contribution is 2.42. The molecular weight excluding hydrogens is 452 g/mol. The Bertz CT molecular complexity index is 1580. The van der Waals surface area contributed by atoms with Crippen molar-refractivity contribution in [3.05, 3.63) is 108 Å². The molecule has 2 aliphatic heterocycles. The van der Waals surface area contributed by atoms with Crippen molar-refractivity contribution >= 4 is 56.2 Å². The highest BCUT2D eigenvalue weighted by atomic mass is 16.6. The number of esters is 2. The van der Waals surface area contributed by atoms with Gasteiger partial charge in [-0.15, -0.1) is 0 Å². The normalized spacial score (nSPS) is 14.9. The van der Waals surface area contributed by atoms with Crippen molar-refractivity contribution in [1.82, 2.24) is 0 Å². The number of rotatable bonds is 2. The lowest BCUT2D eigenvalue weighted by Gasteiger charge is -2.35. The fraction of sp³-hybridized carbons (Fsp3) is 0.0667. The van der Waals surface area contributed by atoms with Crippen LogP contribution in [0.25, 0.3) is 21.5 Å². The number of carbonyl (C=O) groups is 2. The minimum Gasteiger partial charge on any atom is -0.440 e. The van der Waals surface area contributed by atoms with Crippen LogP contribution in [0.2, 0.25) is 0 Å². The predicted molar refractivity (Wildman–Crippen MR) is 139 cm³/mol. The van der Waals surface area contributed by atoms with Gasteiger partial charge in [-0.1, -0.05) is 60.7 Å². The molecule has 2 heterocycles. The van der Waals surface area contributed by atoms with E-state index in [-0.39, 0.29) is 13.5 Å². The van der Waals surface area contributed by atoms with Gasteiger partial charge >= 0.3 is 11.9 Å². The van der Waals surface area contributed by atoms with Crippen LogP contribution in [0.1, 0.15) is 20.7 Å². The Labute approximate surface area is 206 Å². The molecule has 0 amide bonds. The zero-order valence-corrected chi connectivity index (χ0v) is 19.2. The van der Waals surface area contributed by atoms with Crippen molar-refractivity contribution < 1.29 is 19.1 Å². The standard InChI is InChI=1S/C30H20N2O4/c33-29-25-16-28-26(30(34)36-18-32(28)24-12-10-20-6-2-4-8-22(20)14-24)15-27(25)31(17-35-29)23-11-9-19-5-1-3-7-21(19)13-23/h1-16H,17-18H2. The van der Waals surface area contributed by atoms with Gasteiger partial charge in [0, 0.05) is 11.4 Å². The summed E-state index contributed by atoms with van der Waals surface area (Å²) < 4.78 is 11.1. The average Bonchev–Trinajstić information content (AvgIpc) is 2.92. The van der Waals surface area contributed by atoms with E-state index in [4.69, 9.17) is 9.47 Å². The first-order chi connectivity index (χ1) is 17.7. The molecule has 7 rings (SSSR count). The van der Waals surface area contributed by atoms with Gasteiger partial charge in [-0.05, 0) is 57.9 Å². The minimum absolute atomic E-state index is 0.0619. The third-order valence-corrected chi connectivity index (χ3v) is 6.87. The first kappa shape index (κ1) is 20.5. The van der Waals surface area contributed by atoms with Gasteiger partial charge in [-0.2, -0.15) is 0 Å². The molecule has 0 saturated carbocycles. The molecule has 0 aromatic heterocycles. The largest absolute Gasteiger partial charge is 0.440 e. The summed E-state index contributed by atoms with van der Waals surface area (Å²) in [4.78, 5) is 29.6. The molecule has 0 radical (unpaired) electrons. The fourth-order valence-corrected chi connectivity index (χ4v) is 5.01. The van der Waals surface area contributed by atoms with E-state index in [1.54, 1.807) is 12.1 Å². The lowest BCUT2D eigenvalue weighted by atomic mass is 10.0. The number of carbonyl (C=O) groups excluding carboxylic acids is 2. The van der Waals surface area contributed by atoms with Crippen LogP contribution in [-0.4, -0.2) is 25.4 Å². The van der Waals surface area contributed by atoms with E-state index in [1.807, 2.05) is 70.5 Å². The number of benzene rings is 5. The van der Waals surface area contributed by atoms with Crippen LogP contribution in [0.5, 0.6) is 0 Å². The molecule has 5 aromatic rings. The molecule has 5 aromatic carbocycles. The van der Waals surface area contributed by atoms with E-state index in [9.17, 15) is 9.59 Å². The Morgan fingerprint density at radius 2 is 0.917 bits per heavy atom. The van der Waals surface area contributed by atoms with E-state index < -0.39 is 11.9 Å². The van der Waals surface area contributed by atoms with E-state index in [0.29, 0.717) is 22.5 Å². The molecule has 36 heavy (non-hydrogen) atoms. The highest BCUT2D eigenvalue weighted by molar-refractivity contribution is 6.07. The van der Waals surface area contributed by atoms with Crippen molar-refractivity contribution in [3.8, 4) is 0 Å². The Morgan fingerprint density at radius 3 is 1.36 bits per heavy atom. The highest BCUT2D eigenvalue weighted by Gasteiger charge is 2.33. The smallest absolute Gasteiger partial charge is 0.342 e. The SMILES string of the molecule is O=C1OCN(c2ccc3ccccc3c2)c2cc3c(cc21)N(c1ccc2ccccc2c1)COC3=O. The van der Waals surface area contributed by atoms with Crippen LogP contribution in [-0.2, 0) is 9.47 Å². The molecule has 0 atom stereocenters. The quantitative estimate of drug-likeness (QED) is 0.273. The summed E-state index contributed by atoms with van der Waals surface area (Å²) in [6.45, 7) is 0.124. The topological polar surface area (TPSA) is 59.1 Å². The second-order valence-electron chi connectivity index (χ2n) is 8.93. The molecule has 0 aliphatic carbocycles. The first-order valence-corrected chi connectivity index (χ1v) is 11.7. The molecule has 0 N–H and O–H groups in total. The first-order valence-electron chi connectivity index (χ1n) is 11.7. The molecule has 0 saturated heterocycles. The van der Waals surface area contributed by atoms with Gasteiger partial charge in [0.2, 0.25) is 0 Å². The molecule has 0 unspecified atom stereocenters. The number of cyclic esters (lactones) is 2. The summed E-state index contributed by atoms with van der Waals surface area (Å²) in [5.74, 6) is -0.829. The van der Waals surface area contributed by atoms with Crippen molar-refractivity contribution in [3.63, 3.8) is 0 Å². The van der Waals surface area contributed by atoms with Gasteiger partial charge in [-0.25, -0.2) is 9.59 Å². The van der Waals surface area contributed by atoms with Gasteiger partial charge in [0.05, 0.1) is 22.5 Å². The van der Waals surface area contributed by atoms with Gasteiger partial charge in [0.1, 0.15) is 0 Å². The van der Waals surface area contributed by atoms with Crippen molar-refractivity contribution in [1.29, 1.82) is 0 Å². The summed E-state index contributed by atoms with van der Waals surface area (Å²) in [5.41, 5.74) is 3.81. The van der Waals surface area contributed by atoms with E-state index in [2.05, 4.69) is 24.3 Å². The number of hydrogen-bond acceptors (Lipinski definition) is 6. The average molecular weight is 473 g/mol. The maximum Gasteiger partial charge on any atom is 0.342 e. The minimum atomic E-state index is -0.415. The third-order valence-electron chi connectivity index (χ3n) is 6.87. The van der Waals surface area contributed by atoms with E-state index in [0.717, 1.165) is 32.9 Å². The second kappa shape index (κ2) is 7.85. The Hall–Kier alpha value is -4.84. The number of hydrogen-bond donors (Lipinski definition) is 0. The van der Waals surface area contributed by atoms with Crippen LogP contribution >= 0.6 is 0 Å². The van der Waals surface area contributed by atoms with Gasteiger partial charge < -0.3 is 19.3 Å². The lowest BCUT2D eigenvalue weighted by molar-refractivity contribution is 0.0473. The summed E-state index contributed by atoms with van der Waals surface area (Å²) in [6, 6.07) is 31.8. The van der Waals surface area contributed by atoms with Crippen molar-refractivity contribution in [2.75, 3.05) is 23.3 Å². The van der Waals surface area contributed by atoms with Crippen LogP contribution in [0, 0.1) is 0 Å². The number of nitrogens with zero attached hydrogens (tertiary/aromatic N) is 2. The molecule has 6 nitrogen and oxygen atoms in total. The van der Waals surface area contributed by atoms with Gasteiger partial charge in [-0.3, -0.25) is 0 Å². The zero-order chi connectivity index (χ0) is 24.2. The van der Waals surface area contributed by atoms with Crippen LogP contribution in [0.15, 0.2) is 97.1 Å². The fourth-order valence-electron chi connectivity index (χ4n) is 5.01. The molecular formula is C30H20N2O4. The maximum absolute atomic E-state index is 12.9. The molecule has 0 spiro atoms. The van der Waals surface area contributed by atoms with Crippen LogP contribution in [0.3, 0.4) is 0 Å². The van der Waals surface area contributed by atoms with E-state index >= 15 is 0 Å². The zero-order valence-electron chi connectivity index (χ0n) is 19.2. The summed E-state index contributed by atoms with van der Waals surface area (Å²) >= 11 is 0. The van der Waals surface area contributed by atoms with Crippen molar-refractivity contribution in [2.45, 2.75) is 0 Å². The lowest BCUT2D eigenvalue weighted by Crippen LogP contribution is -2.34. The number of anilines is 4. The molecule has 2 aliphatic rings. The predicted octanol–water partition coefficient (Wildman–Crippen LogP) is 6.53. The third kappa shape index (κ3) is 3.19. The number of ether oxygens (including phenoxy) is 2. The van der Waals surface area contributed by atoms with Crippen molar-refractivity contribution in [2.24, 2.45) is 0 Å². The van der Waals surface area contributed by atoms with E-state index in [1.165, 1.54) is 0 Å². The molecule has 0 bridgehead atoms. The summed E-state index contributed by atoms with van der Waals surface area (Å²) in [7, 11) is 0. The van der Waals surface area contributed by atoms with Crippen LogP contribution in [0.4, 0.5) is 22.7 Å². The molecule has 174 valence electrons. The number of fused-ring (bicyclic) bond motifs is 4. The second-order valence-corrected chi connectivity index (χ2v) is 8.93. The van der Waals surface area contributed by atoms with Crippen LogP contribution < -0.4 is 9.80 Å². The van der Waals surface area contributed by atoms with Gasteiger partial charge in [0.15, 0.2) is 13.5 Å². The Kier molecular flexibility index (Phi) is 4.48. The summed E-state index contributed by atoms with van der Waals surface area (Å²) in [5, 5.41) is 4.40. The Balaban J connectivity index is 1.36.